The van der Waals surface area contributed by atoms with Gasteiger partial charge in [-0.3, -0.25) is 4.79 Å². The number of fused-ring (bicyclic) bond motifs is 1. The van der Waals surface area contributed by atoms with Gasteiger partial charge in [-0.1, -0.05) is 12.1 Å². The van der Waals surface area contributed by atoms with E-state index in [1.807, 2.05) is 13.0 Å². The summed E-state index contributed by atoms with van der Waals surface area (Å²) in [5.74, 6) is 0.660. The van der Waals surface area contributed by atoms with Crippen molar-refractivity contribution in [1.29, 1.82) is 0 Å². The molecule has 1 amide bonds. The van der Waals surface area contributed by atoms with Crippen molar-refractivity contribution in [3.8, 4) is 17.2 Å². The minimum Gasteiger partial charge on any atom is -0.494 e. The zero-order valence-corrected chi connectivity index (χ0v) is 15.1. The lowest BCUT2D eigenvalue weighted by molar-refractivity contribution is -0.162. The second-order valence-corrected chi connectivity index (χ2v) is 5.89. The third kappa shape index (κ3) is 4.69. The summed E-state index contributed by atoms with van der Waals surface area (Å²) in [6.07, 6.45) is -1.90. The first-order valence-electron chi connectivity index (χ1n) is 8.69. The van der Waals surface area contributed by atoms with Crippen LogP contribution in [-0.4, -0.2) is 37.3 Å². The summed E-state index contributed by atoms with van der Waals surface area (Å²) in [6, 6.07) is 14.0. The zero-order valence-electron chi connectivity index (χ0n) is 15.1. The summed E-state index contributed by atoms with van der Waals surface area (Å²) in [5, 5.41) is 2.69. The van der Waals surface area contributed by atoms with E-state index in [0.29, 0.717) is 29.5 Å². The van der Waals surface area contributed by atoms with Crippen molar-refractivity contribution >= 4 is 17.6 Å². The van der Waals surface area contributed by atoms with Gasteiger partial charge in [0.15, 0.2) is 17.6 Å². The van der Waals surface area contributed by atoms with Gasteiger partial charge < -0.3 is 24.3 Å². The number of hydrogen-bond acceptors (Lipinski definition) is 6. The summed E-state index contributed by atoms with van der Waals surface area (Å²) in [5.41, 5.74) is 0.581. The highest BCUT2D eigenvalue weighted by atomic mass is 16.6. The number of rotatable bonds is 6. The van der Waals surface area contributed by atoms with E-state index in [2.05, 4.69) is 5.32 Å². The van der Waals surface area contributed by atoms with E-state index >= 15 is 0 Å². The summed E-state index contributed by atoms with van der Waals surface area (Å²) < 4.78 is 21.6. The molecule has 1 N–H and O–H groups in total. The average Bonchev–Trinajstić information content (AvgIpc) is 2.69. The number of amides is 1. The minimum absolute atomic E-state index is 0.0308. The molecule has 2 atom stereocenters. The molecule has 0 aliphatic carbocycles. The summed E-state index contributed by atoms with van der Waals surface area (Å²) in [4.78, 5) is 24.5. The van der Waals surface area contributed by atoms with Crippen LogP contribution < -0.4 is 19.5 Å². The van der Waals surface area contributed by atoms with E-state index in [4.69, 9.17) is 18.9 Å². The molecule has 0 saturated heterocycles. The Hall–Kier alpha value is -3.22. The van der Waals surface area contributed by atoms with Gasteiger partial charge in [0.05, 0.1) is 6.61 Å². The number of nitrogens with one attached hydrogen (secondary N) is 1. The Morgan fingerprint density at radius 2 is 1.85 bits per heavy atom. The SMILES string of the molecule is CCOc1ccc(NC(=O)[C@@H](C)OC(=O)[C@@H]2COc3ccccc3O2)cc1. The van der Waals surface area contributed by atoms with Crippen molar-refractivity contribution < 1.29 is 28.5 Å². The quantitative estimate of drug-likeness (QED) is 0.786. The summed E-state index contributed by atoms with van der Waals surface area (Å²) in [6.45, 7) is 3.99. The maximum Gasteiger partial charge on any atom is 0.351 e. The van der Waals surface area contributed by atoms with Crippen LogP contribution in [0, 0.1) is 0 Å². The molecule has 7 nitrogen and oxygen atoms in total. The molecule has 3 rings (SSSR count). The first-order valence-corrected chi connectivity index (χ1v) is 8.69. The number of carbonyl (C=O) groups is 2. The predicted octanol–water partition coefficient (Wildman–Crippen LogP) is 2.80. The first kappa shape index (κ1) is 18.6. The van der Waals surface area contributed by atoms with E-state index in [0.717, 1.165) is 0 Å². The van der Waals surface area contributed by atoms with Crippen molar-refractivity contribution in [1.82, 2.24) is 0 Å². The van der Waals surface area contributed by atoms with Crippen LogP contribution in [0.5, 0.6) is 17.2 Å². The van der Waals surface area contributed by atoms with Crippen LogP contribution in [0.1, 0.15) is 13.8 Å². The van der Waals surface area contributed by atoms with E-state index in [9.17, 15) is 9.59 Å². The lowest BCUT2D eigenvalue weighted by atomic mass is 10.2. The number of esters is 1. The first-order chi connectivity index (χ1) is 13.1. The molecule has 2 aromatic rings. The van der Waals surface area contributed by atoms with Crippen molar-refractivity contribution in [2.24, 2.45) is 0 Å². The lowest BCUT2D eigenvalue weighted by Gasteiger charge is -2.25. The van der Waals surface area contributed by atoms with Crippen LogP contribution in [0.15, 0.2) is 48.5 Å². The predicted molar refractivity (Wildman–Crippen MR) is 98.1 cm³/mol. The molecule has 0 saturated carbocycles. The fourth-order valence-corrected chi connectivity index (χ4v) is 2.48. The van der Waals surface area contributed by atoms with Gasteiger partial charge in [0, 0.05) is 5.69 Å². The van der Waals surface area contributed by atoms with E-state index in [-0.39, 0.29) is 6.61 Å². The van der Waals surface area contributed by atoms with Crippen LogP contribution in [-0.2, 0) is 14.3 Å². The Morgan fingerprint density at radius 3 is 2.56 bits per heavy atom. The number of ether oxygens (including phenoxy) is 4. The van der Waals surface area contributed by atoms with Gasteiger partial charge in [0.2, 0.25) is 6.10 Å². The van der Waals surface area contributed by atoms with Gasteiger partial charge >= 0.3 is 5.97 Å². The average molecular weight is 371 g/mol. The topological polar surface area (TPSA) is 83.1 Å². The molecular formula is C20H21NO6. The van der Waals surface area contributed by atoms with Crippen LogP contribution in [0.25, 0.3) is 0 Å². The molecule has 0 unspecified atom stereocenters. The molecule has 0 spiro atoms. The van der Waals surface area contributed by atoms with Crippen molar-refractivity contribution in [2.45, 2.75) is 26.1 Å². The highest BCUT2D eigenvalue weighted by Crippen LogP contribution is 2.31. The molecule has 7 heteroatoms. The molecule has 142 valence electrons. The number of carbonyl (C=O) groups excluding carboxylic acids is 2. The fourth-order valence-electron chi connectivity index (χ4n) is 2.48. The third-order valence-electron chi connectivity index (χ3n) is 3.87. The maximum absolute atomic E-state index is 12.3. The molecular weight excluding hydrogens is 350 g/mol. The third-order valence-corrected chi connectivity index (χ3v) is 3.87. The summed E-state index contributed by atoms with van der Waals surface area (Å²) >= 11 is 0. The van der Waals surface area contributed by atoms with Crippen LogP contribution in [0.3, 0.4) is 0 Å². The monoisotopic (exact) mass is 371 g/mol. The van der Waals surface area contributed by atoms with Gasteiger partial charge in [0.25, 0.3) is 5.91 Å². The van der Waals surface area contributed by atoms with Gasteiger partial charge in [-0.05, 0) is 50.2 Å². The standard InChI is InChI=1S/C20H21NO6/c1-3-24-15-10-8-14(9-11-15)21-19(22)13(2)26-20(23)18-12-25-16-6-4-5-7-17(16)27-18/h4-11,13,18H,3,12H2,1-2H3,(H,21,22)/t13-,18+/m1/s1. The number of hydrogen-bond donors (Lipinski definition) is 1. The van der Waals surface area contributed by atoms with Gasteiger partial charge in [-0.2, -0.15) is 0 Å². The highest BCUT2D eigenvalue weighted by Gasteiger charge is 2.31. The lowest BCUT2D eigenvalue weighted by Crippen LogP contribution is -2.41. The molecule has 1 aliphatic heterocycles. The molecule has 2 aromatic carbocycles. The van der Waals surface area contributed by atoms with Crippen molar-refractivity contribution in [2.75, 3.05) is 18.5 Å². The number of anilines is 1. The van der Waals surface area contributed by atoms with E-state index in [1.54, 1.807) is 42.5 Å². The highest BCUT2D eigenvalue weighted by molar-refractivity contribution is 5.95. The summed E-state index contributed by atoms with van der Waals surface area (Å²) in [7, 11) is 0. The van der Waals surface area contributed by atoms with Crippen LogP contribution in [0.2, 0.25) is 0 Å². The smallest absolute Gasteiger partial charge is 0.351 e. The molecule has 27 heavy (non-hydrogen) atoms. The second kappa shape index (κ2) is 8.44. The maximum atomic E-state index is 12.3. The largest absolute Gasteiger partial charge is 0.494 e. The molecule has 1 aliphatic rings. The molecule has 0 bridgehead atoms. The Labute approximate surface area is 157 Å². The van der Waals surface area contributed by atoms with Gasteiger partial charge in [-0.15, -0.1) is 0 Å². The van der Waals surface area contributed by atoms with Crippen molar-refractivity contribution in [3.63, 3.8) is 0 Å². The normalized spacial score (nSPS) is 16.1. The Balaban J connectivity index is 1.52. The van der Waals surface area contributed by atoms with E-state index < -0.39 is 24.1 Å². The second-order valence-electron chi connectivity index (χ2n) is 5.89. The Kier molecular flexibility index (Phi) is 5.80. The van der Waals surface area contributed by atoms with Crippen LogP contribution >= 0.6 is 0 Å². The van der Waals surface area contributed by atoms with E-state index in [1.165, 1.54) is 6.92 Å². The Morgan fingerprint density at radius 1 is 1.15 bits per heavy atom. The van der Waals surface area contributed by atoms with Crippen molar-refractivity contribution in [3.05, 3.63) is 48.5 Å². The number of benzene rings is 2. The van der Waals surface area contributed by atoms with Gasteiger partial charge in [-0.25, -0.2) is 4.79 Å². The Bertz CT molecular complexity index is 804. The molecule has 0 aromatic heterocycles. The molecule has 0 radical (unpaired) electrons. The van der Waals surface area contributed by atoms with Crippen LogP contribution in [0.4, 0.5) is 5.69 Å². The fraction of sp³-hybridized carbons (Fsp3) is 0.300. The van der Waals surface area contributed by atoms with Gasteiger partial charge in [0.1, 0.15) is 12.4 Å². The molecule has 0 fully saturated rings. The minimum atomic E-state index is -0.982. The number of para-hydroxylation sites is 2. The molecule has 1 heterocycles. The zero-order chi connectivity index (χ0) is 19.2.